The average Bonchev–Trinajstić information content (AvgIpc) is 3.72. The van der Waals surface area contributed by atoms with Gasteiger partial charge in [0, 0.05) is 41.6 Å². The Kier molecular flexibility index (Phi) is 6.98. The molecular formula is C47H32N4O2. The van der Waals surface area contributed by atoms with Crippen LogP contribution in [-0.4, -0.2) is 19.1 Å². The molecule has 53 heavy (non-hydrogen) atoms. The van der Waals surface area contributed by atoms with E-state index in [-0.39, 0.29) is 5.69 Å². The minimum Gasteiger partial charge on any atom is -0.456 e. The molecule has 0 spiro atoms. The van der Waals surface area contributed by atoms with Gasteiger partial charge in [-0.3, -0.25) is 9.13 Å². The number of rotatable bonds is 5. The summed E-state index contributed by atoms with van der Waals surface area (Å²) in [5.41, 5.74) is 12.3. The lowest BCUT2D eigenvalue weighted by Crippen LogP contribution is -2.19. The van der Waals surface area contributed by atoms with Crippen molar-refractivity contribution in [2.75, 3.05) is 0 Å². The highest BCUT2D eigenvalue weighted by Crippen LogP contribution is 2.41. The van der Waals surface area contributed by atoms with Gasteiger partial charge in [0.15, 0.2) is 5.82 Å². The SMILES string of the molecule is Cn1c(=O)n(C)c2cc(-c3cccc(-c4cc(-c5cccc(-c6cccc7oc8ccc9ccccc9c8c67)c5)nc(-c5ccccc5)n4)c3)ccc21. The molecule has 7 aromatic carbocycles. The first-order valence-corrected chi connectivity index (χ1v) is 17.6. The van der Waals surface area contributed by atoms with Crippen LogP contribution in [0.15, 0.2) is 167 Å². The van der Waals surface area contributed by atoms with Crippen molar-refractivity contribution in [3.8, 4) is 56.2 Å². The normalized spacial score (nSPS) is 11.7. The predicted octanol–water partition coefficient (Wildman–Crippen LogP) is 11.1. The fourth-order valence-corrected chi connectivity index (χ4v) is 7.68. The summed E-state index contributed by atoms with van der Waals surface area (Å²) < 4.78 is 9.78. The predicted molar refractivity (Wildman–Crippen MR) is 216 cm³/mol. The first kappa shape index (κ1) is 30.7. The number of aryl methyl sites for hydroxylation is 2. The third-order valence-corrected chi connectivity index (χ3v) is 10.4. The van der Waals surface area contributed by atoms with Gasteiger partial charge in [-0.2, -0.15) is 0 Å². The van der Waals surface area contributed by atoms with Gasteiger partial charge in [0.2, 0.25) is 0 Å². The third-order valence-electron chi connectivity index (χ3n) is 10.4. The van der Waals surface area contributed by atoms with Crippen molar-refractivity contribution in [2.24, 2.45) is 14.1 Å². The van der Waals surface area contributed by atoms with Gasteiger partial charge in [-0.15, -0.1) is 0 Å². The minimum absolute atomic E-state index is 0.0415. The summed E-state index contributed by atoms with van der Waals surface area (Å²) in [6.45, 7) is 0. The molecular weight excluding hydrogens is 653 g/mol. The number of fused-ring (bicyclic) bond motifs is 6. The molecule has 0 atom stereocenters. The Morgan fingerprint density at radius 3 is 1.91 bits per heavy atom. The maximum atomic E-state index is 12.6. The number of nitrogens with zero attached hydrogens (tertiary/aromatic N) is 4. The second-order valence-electron chi connectivity index (χ2n) is 13.5. The van der Waals surface area contributed by atoms with E-state index < -0.39 is 0 Å². The molecule has 3 heterocycles. The van der Waals surface area contributed by atoms with E-state index in [2.05, 4.69) is 115 Å². The monoisotopic (exact) mass is 684 g/mol. The van der Waals surface area contributed by atoms with Crippen LogP contribution in [0.1, 0.15) is 0 Å². The fraction of sp³-hybridized carbons (Fsp3) is 0.0426. The molecule has 0 aliphatic carbocycles. The number of imidazole rings is 1. The minimum atomic E-state index is -0.0415. The zero-order valence-electron chi connectivity index (χ0n) is 29.1. The van der Waals surface area contributed by atoms with Crippen LogP contribution in [0.3, 0.4) is 0 Å². The van der Waals surface area contributed by atoms with E-state index in [0.29, 0.717) is 5.82 Å². The quantitative estimate of drug-likeness (QED) is 0.181. The second kappa shape index (κ2) is 12.0. The van der Waals surface area contributed by atoms with Crippen LogP contribution in [0, 0.1) is 0 Å². The molecule has 0 radical (unpaired) electrons. The van der Waals surface area contributed by atoms with E-state index >= 15 is 0 Å². The molecule has 6 heteroatoms. The summed E-state index contributed by atoms with van der Waals surface area (Å²) >= 11 is 0. The summed E-state index contributed by atoms with van der Waals surface area (Å²) in [6, 6.07) is 54.3. The Morgan fingerprint density at radius 1 is 0.472 bits per heavy atom. The number of hydrogen-bond acceptors (Lipinski definition) is 4. The summed E-state index contributed by atoms with van der Waals surface area (Å²) in [5.74, 6) is 0.656. The summed E-state index contributed by atoms with van der Waals surface area (Å²) in [5, 5.41) is 4.59. The zero-order chi connectivity index (χ0) is 35.6. The largest absolute Gasteiger partial charge is 0.456 e. The van der Waals surface area contributed by atoms with Crippen molar-refractivity contribution in [3.63, 3.8) is 0 Å². The Balaban J connectivity index is 1.12. The molecule has 0 fully saturated rings. The van der Waals surface area contributed by atoms with Gasteiger partial charge in [-0.05, 0) is 75.5 Å². The van der Waals surface area contributed by atoms with Crippen molar-refractivity contribution in [1.82, 2.24) is 19.1 Å². The molecule has 0 bridgehead atoms. The maximum absolute atomic E-state index is 12.6. The van der Waals surface area contributed by atoms with Gasteiger partial charge >= 0.3 is 5.69 Å². The first-order chi connectivity index (χ1) is 26.0. The van der Waals surface area contributed by atoms with Crippen LogP contribution in [0.2, 0.25) is 0 Å². The topological polar surface area (TPSA) is 65.8 Å². The molecule has 6 nitrogen and oxygen atoms in total. The second-order valence-corrected chi connectivity index (χ2v) is 13.5. The summed E-state index contributed by atoms with van der Waals surface area (Å²) in [6.07, 6.45) is 0. The molecule has 10 rings (SSSR count). The van der Waals surface area contributed by atoms with Crippen LogP contribution in [0.25, 0.3) is 99.9 Å². The molecule has 0 saturated carbocycles. The van der Waals surface area contributed by atoms with Gasteiger partial charge in [0.05, 0.1) is 22.4 Å². The van der Waals surface area contributed by atoms with Crippen molar-refractivity contribution in [1.29, 1.82) is 0 Å². The summed E-state index contributed by atoms with van der Waals surface area (Å²) in [7, 11) is 3.62. The van der Waals surface area contributed by atoms with E-state index in [1.54, 1.807) is 16.2 Å². The van der Waals surface area contributed by atoms with Crippen molar-refractivity contribution >= 4 is 43.7 Å². The molecule has 0 saturated heterocycles. The van der Waals surface area contributed by atoms with Crippen molar-refractivity contribution in [2.45, 2.75) is 0 Å². The maximum Gasteiger partial charge on any atom is 0.328 e. The smallest absolute Gasteiger partial charge is 0.328 e. The van der Waals surface area contributed by atoms with Gasteiger partial charge in [-0.25, -0.2) is 14.8 Å². The van der Waals surface area contributed by atoms with Gasteiger partial charge in [-0.1, -0.05) is 115 Å². The first-order valence-electron chi connectivity index (χ1n) is 17.6. The van der Waals surface area contributed by atoms with Crippen LogP contribution in [0.5, 0.6) is 0 Å². The molecule has 10 aromatic rings. The lowest BCUT2D eigenvalue weighted by atomic mass is 9.95. The number of furan rings is 1. The number of hydrogen-bond donors (Lipinski definition) is 0. The molecule has 0 aliphatic heterocycles. The van der Waals surface area contributed by atoms with E-state index in [4.69, 9.17) is 14.4 Å². The van der Waals surface area contributed by atoms with E-state index in [0.717, 1.165) is 83.3 Å². The third kappa shape index (κ3) is 5.06. The molecule has 0 amide bonds. The van der Waals surface area contributed by atoms with Crippen molar-refractivity contribution < 1.29 is 4.42 Å². The van der Waals surface area contributed by atoms with Gasteiger partial charge in [0.25, 0.3) is 0 Å². The standard InChI is InChI=1S/C47H32N4O2/c1-50-40-23-21-32(27-41(40)51(2)47(50)52)31-14-8-16-34(25-31)38-28-39(49-46(48-38)30-12-4-3-5-13-30)35-17-9-15-33(26-35)37-19-10-20-42-45(37)44-36-18-7-6-11-29(36)22-24-43(44)53-42/h3-28H,1-2H3. The highest BCUT2D eigenvalue weighted by Gasteiger charge is 2.17. The van der Waals surface area contributed by atoms with E-state index in [1.165, 1.54) is 10.8 Å². The molecule has 0 unspecified atom stereocenters. The zero-order valence-corrected chi connectivity index (χ0v) is 29.1. The number of benzene rings is 7. The van der Waals surface area contributed by atoms with E-state index in [1.807, 2.05) is 49.5 Å². The molecule has 0 N–H and O–H groups in total. The molecule has 0 aliphatic rings. The lowest BCUT2D eigenvalue weighted by molar-refractivity contribution is 0.669. The van der Waals surface area contributed by atoms with Crippen LogP contribution >= 0.6 is 0 Å². The van der Waals surface area contributed by atoms with Crippen molar-refractivity contribution in [3.05, 3.63) is 168 Å². The molecule has 3 aromatic heterocycles. The highest BCUT2D eigenvalue weighted by atomic mass is 16.3. The van der Waals surface area contributed by atoms with Gasteiger partial charge in [0.1, 0.15) is 11.2 Å². The summed E-state index contributed by atoms with van der Waals surface area (Å²) in [4.78, 5) is 22.9. The number of aromatic nitrogens is 4. The Labute approximate surface area is 304 Å². The Morgan fingerprint density at radius 2 is 1.09 bits per heavy atom. The fourth-order valence-electron chi connectivity index (χ4n) is 7.68. The van der Waals surface area contributed by atoms with Gasteiger partial charge < -0.3 is 4.42 Å². The molecule has 252 valence electrons. The van der Waals surface area contributed by atoms with Crippen LogP contribution < -0.4 is 5.69 Å². The lowest BCUT2D eigenvalue weighted by Gasteiger charge is -2.12. The Bertz CT molecular complexity index is 3110. The highest BCUT2D eigenvalue weighted by molar-refractivity contribution is 6.22. The van der Waals surface area contributed by atoms with Crippen LogP contribution in [0.4, 0.5) is 0 Å². The Hall–Kier alpha value is -7.05. The van der Waals surface area contributed by atoms with Crippen LogP contribution in [-0.2, 0) is 14.1 Å². The van der Waals surface area contributed by atoms with E-state index in [9.17, 15) is 4.79 Å². The average molecular weight is 685 g/mol.